The number of aryl methyl sites for hydroxylation is 1. The van der Waals surface area contributed by atoms with E-state index >= 15 is 0 Å². The van der Waals surface area contributed by atoms with Crippen LogP contribution in [0.1, 0.15) is 18.1 Å². The van der Waals surface area contributed by atoms with Crippen LogP contribution in [0.3, 0.4) is 0 Å². The summed E-state index contributed by atoms with van der Waals surface area (Å²) in [5.41, 5.74) is 2.77. The maximum Gasteiger partial charge on any atom is 0.234 e. The van der Waals surface area contributed by atoms with Crippen LogP contribution in [0.4, 0.5) is 5.69 Å². The predicted octanol–water partition coefficient (Wildman–Crippen LogP) is 2.92. The van der Waals surface area contributed by atoms with E-state index in [0.717, 1.165) is 16.8 Å². The number of amides is 2. The van der Waals surface area contributed by atoms with E-state index in [-0.39, 0.29) is 35.0 Å². The van der Waals surface area contributed by atoms with Gasteiger partial charge in [0.2, 0.25) is 11.8 Å². The highest BCUT2D eigenvalue weighted by Crippen LogP contribution is 2.20. The first-order valence-electron chi connectivity index (χ1n) is 9.10. The molecule has 2 amide bonds. The van der Waals surface area contributed by atoms with Crippen molar-refractivity contribution in [3.63, 3.8) is 0 Å². The minimum Gasteiger partial charge on any atom is -0.331 e. The van der Waals surface area contributed by atoms with Gasteiger partial charge in [-0.3, -0.25) is 14.9 Å². The predicted molar refractivity (Wildman–Crippen MR) is 110 cm³/mol. The standard InChI is InChI=1S/C21H25N3O2S/c1-14-7-6-10-17(11-14)23-19(25)13-27-21-22-15(2)18(20(26)24-21)12-16-8-4-3-5-9-16/h3-11,15,18,21-22H,12-13H2,1-2H3,(H,23,25)(H,24,26). The molecule has 6 heteroatoms. The minimum absolute atomic E-state index is 0.0293. The van der Waals surface area contributed by atoms with Crippen molar-refractivity contribution in [1.82, 2.24) is 10.6 Å². The van der Waals surface area contributed by atoms with E-state index in [0.29, 0.717) is 6.42 Å². The van der Waals surface area contributed by atoms with E-state index in [1.54, 1.807) is 0 Å². The van der Waals surface area contributed by atoms with Gasteiger partial charge in [0.15, 0.2) is 0 Å². The lowest BCUT2D eigenvalue weighted by molar-refractivity contribution is -0.128. The van der Waals surface area contributed by atoms with Gasteiger partial charge in [-0.05, 0) is 43.5 Å². The molecule has 1 aliphatic rings. The first-order valence-corrected chi connectivity index (χ1v) is 10.1. The maximum absolute atomic E-state index is 12.5. The summed E-state index contributed by atoms with van der Waals surface area (Å²) < 4.78 is 0. The van der Waals surface area contributed by atoms with E-state index in [4.69, 9.17) is 0 Å². The van der Waals surface area contributed by atoms with E-state index < -0.39 is 0 Å². The number of thioether (sulfide) groups is 1. The van der Waals surface area contributed by atoms with Crippen LogP contribution in [0.25, 0.3) is 0 Å². The Morgan fingerprint density at radius 2 is 1.93 bits per heavy atom. The first kappa shape index (κ1) is 19.5. The van der Waals surface area contributed by atoms with Crippen LogP contribution in [0.15, 0.2) is 54.6 Å². The molecule has 1 saturated heterocycles. The lowest BCUT2D eigenvalue weighted by Crippen LogP contribution is -2.59. The van der Waals surface area contributed by atoms with Crippen LogP contribution in [-0.2, 0) is 16.0 Å². The van der Waals surface area contributed by atoms with Crippen molar-refractivity contribution in [3.05, 3.63) is 65.7 Å². The van der Waals surface area contributed by atoms with Crippen molar-refractivity contribution in [3.8, 4) is 0 Å². The maximum atomic E-state index is 12.5. The number of carbonyl (C=O) groups is 2. The summed E-state index contributed by atoms with van der Waals surface area (Å²) in [6, 6.07) is 17.8. The number of rotatable bonds is 6. The van der Waals surface area contributed by atoms with E-state index in [2.05, 4.69) is 16.0 Å². The second kappa shape index (κ2) is 9.06. The molecule has 1 aliphatic heterocycles. The van der Waals surface area contributed by atoms with Crippen LogP contribution in [0.2, 0.25) is 0 Å². The normalized spacial score (nSPS) is 22.1. The smallest absolute Gasteiger partial charge is 0.234 e. The molecule has 2 aromatic rings. The highest BCUT2D eigenvalue weighted by molar-refractivity contribution is 8.00. The van der Waals surface area contributed by atoms with Gasteiger partial charge in [-0.2, -0.15) is 0 Å². The zero-order valence-electron chi connectivity index (χ0n) is 15.6. The number of benzene rings is 2. The van der Waals surface area contributed by atoms with Gasteiger partial charge in [0.25, 0.3) is 0 Å². The average molecular weight is 384 g/mol. The number of anilines is 1. The molecule has 3 N–H and O–H groups in total. The number of nitrogens with one attached hydrogen (secondary N) is 3. The molecule has 1 heterocycles. The van der Waals surface area contributed by atoms with Crippen molar-refractivity contribution in [2.24, 2.45) is 5.92 Å². The van der Waals surface area contributed by atoms with Gasteiger partial charge in [-0.25, -0.2) is 0 Å². The third kappa shape index (κ3) is 5.58. The fourth-order valence-corrected chi connectivity index (χ4v) is 4.07. The Balaban J connectivity index is 1.48. The molecular weight excluding hydrogens is 358 g/mol. The molecule has 3 unspecified atom stereocenters. The minimum atomic E-state index is -0.261. The summed E-state index contributed by atoms with van der Waals surface area (Å²) >= 11 is 1.39. The van der Waals surface area contributed by atoms with E-state index in [9.17, 15) is 9.59 Å². The summed E-state index contributed by atoms with van der Waals surface area (Å²) in [7, 11) is 0. The van der Waals surface area contributed by atoms with Crippen molar-refractivity contribution in [1.29, 1.82) is 0 Å². The molecule has 5 nitrogen and oxygen atoms in total. The topological polar surface area (TPSA) is 70.2 Å². The third-order valence-corrected chi connectivity index (χ3v) is 5.63. The SMILES string of the molecule is Cc1cccc(NC(=O)CSC2NC(=O)C(Cc3ccccc3)C(C)N2)c1. The summed E-state index contributed by atoms with van der Waals surface area (Å²) in [5, 5.41) is 9.26. The van der Waals surface area contributed by atoms with E-state index in [1.807, 2.05) is 68.4 Å². The molecular formula is C21H25N3O2S. The van der Waals surface area contributed by atoms with Crippen LogP contribution in [-0.4, -0.2) is 29.1 Å². The highest BCUT2D eigenvalue weighted by Gasteiger charge is 2.33. The highest BCUT2D eigenvalue weighted by atomic mass is 32.2. The molecule has 0 spiro atoms. The molecule has 27 heavy (non-hydrogen) atoms. The zero-order chi connectivity index (χ0) is 19.2. The second-order valence-electron chi connectivity index (χ2n) is 6.87. The molecule has 1 fully saturated rings. The van der Waals surface area contributed by atoms with Crippen molar-refractivity contribution < 1.29 is 9.59 Å². The summed E-state index contributed by atoms with van der Waals surface area (Å²) in [5.74, 6) is 0.0925. The molecule has 3 atom stereocenters. The Bertz CT molecular complexity index is 797. The fourth-order valence-electron chi connectivity index (χ4n) is 3.17. The quantitative estimate of drug-likeness (QED) is 0.717. The molecule has 2 aromatic carbocycles. The largest absolute Gasteiger partial charge is 0.331 e. The van der Waals surface area contributed by atoms with Crippen molar-refractivity contribution in [2.75, 3.05) is 11.1 Å². The van der Waals surface area contributed by atoms with Crippen LogP contribution in [0.5, 0.6) is 0 Å². The molecule has 0 radical (unpaired) electrons. The van der Waals surface area contributed by atoms with E-state index in [1.165, 1.54) is 11.8 Å². The molecule has 142 valence electrons. The summed E-state index contributed by atoms with van der Waals surface area (Å²) in [6.45, 7) is 4.01. The number of hydrogen-bond donors (Lipinski definition) is 3. The van der Waals surface area contributed by atoms with Gasteiger partial charge in [-0.1, -0.05) is 42.5 Å². The number of carbonyl (C=O) groups excluding carboxylic acids is 2. The second-order valence-corrected chi connectivity index (χ2v) is 7.96. The fraction of sp³-hybridized carbons (Fsp3) is 0.333. The zero-order valence-corrected chi connectivity index (χ0v) is 16.4. The number of hydrogen-bond acceptors (Lipinski definition) is 4. The van der Waals surface area contributed by atoms with Crippen molar-refractivity contribution in [2.45, 2.75) is 31.8 Å². The van der Waals surface area contributed by atoms with Crippen LogP contribution in [0, 0.1) is 12.8 Å². The van der Waals surface area contributed by atoms with Gasteiger partial charge in [0.05, 0.1) is 11.7 Å². The van der Waals surface area contributed by atoms with Gasteiger partial charge in [0.1, 0.15) is 5.50 Å². The third-order valence-electron chi connectivity index (χ3n) is 4.61. The Labute approximate surface area is 164 Å². The first-order chi connectivity index (χ1) is 13.0. The molecule has 0 aliphatic carbocycles. The van der Waals surface area contributed by atoms with Crippen LogP contribution < -0.4 is 16.0 Å². The summed E-state index contributed by atoms with van der Waals surface area (Å²) in [4.78, 5) is 24.7. The Morgan fingerprint density at radius 3 is 2.63 bits per heavy atom. The molecule has 0 bridgehead atoms. The molecule has 3 rings (SSSR count). The van der Waals surface area contributed by atoms with Crippen LogP contribution >= 0.6 is 11.8 Å². The molecule has 0 aromatic heterocycles. The Hall–Kier alpha value is -2.31. The van der Waals surface area contributed by atoms with Crippen molar-refractivity contribution >= 4 is 29.3 Å². The molecule has 0 saturated carbocycles. The monoisotopic (exact) mass is 383 g/mol. The Morgan fingerprint density at radius 1 is 1.15 bits per heavy atom. The summed E-state index contributed by atoms with van der Waals surface area (Å²) in [6.07, 6.45) is 0.700. The van der Waals surface area contributed by atoms with Gasteiger partial charge in [0, 0.05) is 11.7 Å². The lowest BCUT2D eigenvalue weighted by Gasteiger charge is -2.35. The van der Waals surface area contributed by atoms with Gasteiger partial charge in [-0.15, -0.1) is 11.8 Å². The Kier molecular flexibility index (Phi) is 6.53. The van der Waals surface area contributed by atoms with Gasteiger partial charge < -0.3 is 10.6 Å². The lowest BCUT2D eigenvalue weighted by atomic mass is 9.91. The van der Waals surface area contributed by atoms with Gasteiger partial charge >= 0.3 is 0 Å². The average Bonchev–Trinajstić information content (AvgIpc) is 2.64.